The summed E-state index contributed by atoms with van der Waals surface area (Å²) < 4.78 is 4.63. The van der Waals surface area contributed by atoms with E-state index in [2.05, 4.69) is 21.4 Å². The minimum absolute atomic E-state index is 0.104. The van der Waals surface area contributed by atoms with E-state index in [9.17, 15) is 14.4 Å². The van der Waals surface area contributed by atoms with Crippen LogP contribution in [0.2, 0.25) is 0 Å². The highest BCUT2D eigenvalue weighted by atomic mass is 32.2. The van der Waals surface area contributed by atoms with Crippen LogP contribution >= 0.6 is 11.8 Å². The summed E-state index contributed by atoms with van der Waals surface area (Å²) in [5.41, 5.74) is 3.26. The SMILES string of the molecule is COC(=O)CCNC(=O)C(Sc1ccccc1)c1ccc2c(c1)CC(NC=O)C2. The highest BCUT2D eigenvalue weighted by Gasteiger charge is 2.26. The van der Waals surface area contributed by atoms with Crippen molar-refractivity contribution < 1.29 is 19.1 Å². The fraction of sp³-hybridized carbons (Fsp3) is 0.318. The van der Waals surface area contributed by atoms with Crippen LogP contribution in [0.15, 0.2) is 53.4 Å². The van der Waals surface area contributed by atoms with E-state index in [4.69, 9.17) is 0 Å². The molecule has 3 rings (SSSR count). The van der Waals surface area contributed by atoms with Crippen LogP contribution in [0.25, 0.3) is 0 Å². The van der Waals surface area contributed by atoms with Crippen LogP contribution in [0.5, 0.6) is 0 Å². The first-order valence-corrected chi connectivity index (χ1v) is 10.4. The zero-order chi connectivity index (χ0) is 20.6. The highest BCUT2D eigenvalue weighted by molar-refractivity contribution is 8.00. The first kappa shape index (κ1) is 20.9. The van der Waals surface area contributed by atoms with Gasteiger partial charge in [0.25, 0.3) is 0 Å². The van der Waals surface area contributed by atoms with Gasteiger partial charge < -0.3 is 15.4 Å². The Morgan fingerprint density at radius 1 is 1.17 bits per heavy atom. The molecule has 29 heavy (non-hydrogen) atoms. The van der Waals surface area contributed by atoms with Crippen molar-refractivity contribution in [2.45, 2.75) is 35.4 Å². The lowest BCUT2D eigenvalue weighted by Gasteiger charge is -2.18. The molecule has 1 aliphatic carbocycles. The van der Waals surface area contributed by atoms with Gasteiger partial charge in [0.1, 0.15) is 5.25 Å². The highest BCUT2D eigenvalue weighted by Crippen LogP contribution is 2.37. The lowest BCUT2D eigenvalue weighted by molar-refractivity contribution is -0.140. The first-order chi connectivity index (χ1) is 14.1. The Morgan fingerprint density at radius 2 is 1.93 bits per heavy atom. The number of hydrogen-bond donors (Lipinski definition) is 2. The maximum Gasteiger partial charge on any atom is 0.307 e. The van der Waals surface area contributed by atoms with Gasteiger partial charge in [-0.25, -0.2) is 0 Å². The number of carbonyl (C=O) groups is 3. The second-order valence-corrected chi connectivity index (χ2v) is 8.02. The maximum absolute atomic E-state index is 12.9. The summed E-state index contributed by atoms with van der Waals surface area (Å²) in [4.78, 5) is 36.0. The molecule has 2 unspecified atom stereocenters. The second-order valence-electron chi connectivity index (χ2n) is 6.85. The number of esters is 1. The molecule has 2 N–H and O–H groups in total. The van der Waals surface area contributed by atoms with E-state index >= 15 is 0 Å². The molecule has 0 fully saturated rings. The molecule has 1 aliphatic rings. The number of benzene rings is 2. The van der Waals surface area contributed by atoms with Crippen molar-refractivity contribution in [1.29, 1.82) is 0 Å². The number of carbonyl (C=O) groups excluding carboxylic acids is 3. The molecular weight excluding hydrogens is 388 g/mol. The van der Waals surface area contributed by atoms with Gasteiger partial charge in [0.2, 0.25) is 12.3 Å². The molecule has 2 aromatic rings. The molecule has 0 spiro atoms. The van der Waals surface area contributed by atoms with Crippen molar-refractivity contribution in [3.8, 4) is 0 Å². The molecule has 152 valence electrons. The Balaban J connectivity index is 1.78. The fourth-order valence-electron chi connectivity index (χ4n) is 3.41. The van der Waals surface area contributed by atoms with Gasteiger partial charge in [-0.1, -0.05) is 36.4 Å². The zero-order valence-electron chi connectivity index (χ0n) is 16.2. The summed E-state index contributed by atoms with van der Waals surface area (Å²) in [7, 11) is 1.33. The summed E-state index contributed by atoms with van der Waals surface area (Å²) in [6.07, 6.45) is 2.43. The molecule has 0 aromatic heterocycles. The van der Waals surface area contributed by atoms with Crippen molar-refractivity contribution in [2.75, 3.05) is 13.7 Å². The third-order valence-electron chi connectivity index (χ3n) is 4.86. The van der Waals surface area contributed by atoms with Crippen molar-refractivity contribution in [3.05, 3.63) is 65.2 Å². The van der Waals surface area contributed by atoms with Crippen LogP contribution in [0.4, 0.5) is 0 Å². The van der Waals surface area contributed by atoms with E-state index in [1.54, 1.807) is 0 Å². The Kier molecular flexibility index (Phi) is 7.30. The summed E-state index contributed by atoms with van der Waals surface area (Å²) in [6.45, 7) is 0.230. The summed E-state index contributed by atoms with van der Waals surface area (Å²) >= 11 is 1.47. The third-order valence-corrected chi connectivity index (χ3v) is 6.13. The van der Waals surface area contributed by atoms with Gasteiger partial charge in [-0.2, -0.15) is 0 Å². The Morgan fingerprint density at radius 3 is 2.66 bits per heavy atom. The van der Waals surface area contributed by atoms with Gasteiger partial charge in [-0.3, -0.25) is 14.4 Å². The molecule has 0 aliphatic heterocycles. The van der Waals surface area contributed by atoms with E-state index < -0.39 is 5.25 Å². The van der Waals surface area contributed by atoms with E-state index in [-0.39, 0.29) is 30.9 Å². The van der Waals surface area contributed by atoms with E-state index in [0.717, 1.165) is 35.3 Å². The molecule has 0 saturated heterocycles. The predicted molar refractivity (Wildman–Crippen MR) is 112 cm³/mol. The van der Waals surface area contributed by atoms with Crippen LogP contribution in [-0.4, -0.2) is 38.0 Å². The quantitative estimate of drug-likeness (QED) is 0.375. The van der Waals surface area contributed by atoms with E-state index in [1.807, 2.05) is 42.5 Å². The molecule has 2 amide bonds. The standard InChI is InChI=1S/C22H24N2O4S/c1-28-20(26)9-10-23-22(27)21(29-19-5-3-2-4-6-19)16-8-7-15-12-18(24-14-25)13-17(15)11-16/h2-8,11,14,18,21H,9-10,12-13H2,1H3,(H,23,27)(H,24,25). The largest absolute Gasteiger partial charge is 0.469 e. The Labute approximate surface area is 174 Å². The van der Waals surface area contributed by atoms with Gasteiger partial charge in [-0.05, 0) is 41.7 Å². The number of methoxy groups -OCH3 is 1. The minimum atomic E-state index is -0.446. The molecule has 0 heterocycles. The van der Waals surface area contributed by atoms with E-state index in [1.165, 1.54) is 24.4 Å². The lowest BCUT2D eigenvalue weighted by Crippen LogP contribution is -2.30. The van der Waals surface area contributed by atoms with Crippen molar-refractivity contribution in [2.24, 2.45) is 0 Å². The number of ether oxygens (including phenoxy) is 1. The average Bonchev–Trinajstić information content (AvgIpc) is 3.14. The molecule has 2 aromatic carbocycles. The van der Waals surface area contributed by atoms with Crippen molar-refractivity contribution in [1.82, 2.24) is 10.6 Å². The molecule has 7 heteroatoms. The molecule has 2 atom stereocenters. The second kappa shape index (κ2) is 10.1. The number of nitrogens with one attached hydrogen (secondary N) is 2. The van der Waals surface area contributed by atoms with Crippen LogP contribution in [0.1, 0.15) is 28.4 Å². The lowest BCUT2D eigenvalue weighted by atomic mass is 10.0. The van der Waals surface area contributed by atoms with Gasteiger partial charge in [0, 0.05) is 17.5 Å². The van der Waals surface area contributed by atoms with Gasteiger partial charge in [0.05, 0.1) is 13.5 Å². The third kappa shape index (κ3) is 5.60. The normalized spacial score (nSPS) is 15.8. The van der Waals surface area contributed by atoms with Crippen molar-refractivity contribution in [3.63, 3.8) is 0 Å². The monoisotopic (exact) mass is 412 g/mol. The molecular formula is C22H24N2O4S. The number of rotatable bonds is 9. The van der Waals surface area contributed by atoms with Crippen molar-refractivity contribution >= 4 is 30.0 Å². The molecule has 0 radical (unpaired) electrons. The topological polar surface area (TPSA) is 84.5 Å². The van der Waals surface area contributed by atoms with E-state index in [0.29, 0.717) is 0 Å². The zero-order valence-corrected chi connectivity index (χ0v) is 17.0. The number of amides is 2. The average molecular weight is 413 g/mol. The van der Waals surface area contributed by atoms with Crippen LogP contribution in [0, 0.1) is 0 Å². The Hall–Kier alpha value is -2.80. The van der Waals surface area contributed by atoms with Gasteiger partial charge in [-0.15, -0.1) is 11.8 Å². The van der Waals surface area contributed by atoms with Gasteiger partial charge in [0.15, 0.2) is 0 Å². The maximum atomic E-state index is 12.9. The summed E-state index contributed by atoms with van der Waals surface area (Å²) in [5.74, 6) is -0.507. The number of fused-ring (bicyclic) bond motifs is 1. The first-order valence-electron chi connectivity index (χ1n) is 9.48. The smallest absolute Gasteiger partial charge is 0.307 e. The molecule has 0 saturated carbocycles. The summed E-state index contributed by atoms with van der Waals surface area (Å²) in [5, 5.41) is 5.24. The Bertz CT molecular complexity index is 872. The van der Waals surface area contributed by atoms with Crippen LogP contribution < -0.4 is 10.6 Å². The summed E-state index contributed by atoms with van der Waals surface area (Å²) in [6, 6.07) is 15.9. The fourth-order valence-corrected chi connectivity index (χ4v) is 4.47. The molecule has 0 bridgehead atoms. The van der Waals surface area contributed by atoms with Crippen LogP contribution in [0.3, 0.4) is 0 Å². The molecule has 6 nitrogen and oxygen atoms in total. The predicted octanol–water partition coefficient (Wildman–Crippen LogP) is 2.41. The minimum Gasteiger partial charge on any atom is -0.469 e. The van der Waals surface area contributed by atoms with Gasteiger partial charge >= 0.3 is 5.97 Å². The number of hydrogen-bond acceptors (Lipinski definition) is 5. The van der Waals surface area contributed by atoms with Crippen LogP contribution in [-0.2, 0) is 32.0 Å². The number of thioether (sulfide) groups is 1.